The van der Waals surface area contributed by atoms with Crippen LogP contribution in [0.5, 0.6) is 5.75 Å². The molecule has 0 radical (unpaired) electrons. The summed E-state index contributed by atoms with van der Waals surface area (Å²) >= 11 is 0. The largest absolute Gasteiger partial charge is 0.497 e. The minimum Gasteiger partial charge on any atom is -0.497 e. The fourth-order valence-corrected chi connectivity index (χ4v) is 3.21. The molecule has 0 aliphatic carbocycles. The average Bonchev–Trinajstić information content (AvgIpc) is 3.04. The second-order valence-electron chi connectivity index (χ2n) is 7.26. The Labute approximate surface area is 162 Å². The van der Waals surface area contributed by atoms with Crippen LogP contribution in [0.15, 0.2) is 29.3 Å². The van der Waals surface area contributed by atoms with Gasteiger partial charge in [0.15, 0.2) is 5.96 Å². The van der Waals surface area contributed by atoms with E-state index in [1.165, 1.54) is 0 Å². The minimum absolute atomic E-state index is 0.115. The van der Waals surface area contributed by atoms with E-state index in [9.17, 15) is 4.79 Å². The molecule has 7 nitrogen and oxygen atoms in total. The van der Waals surface area contributed by atoms with E-state index in [0.717, 1.165) is 19.0 Å². The van der Waals surface area contributed by atoms with Crippen LogP contribution in [0.1, 0.15) is 31.1 Å². The number of hydrogen-bond acceptors (Lipinski definition) is 4. The number of ether oxygens (including phenoxy) is 1. The minimum atomic E-state index is -0.115. The topological polar surface area (TPSA) is 78.0 Å². The van der Waals surface area contributed by atoms with E-state index < -0.39 is 0 Å². The maximum Gasteiger partial charge on any atom is 0.251 e. The summed E-state index contributed by atoms with van der Waals surface area (Å²) in [6.45, 7) is 9.95. The van der Waals surface area contributed by atoms with Gasteiger partial charge in [-0.1, -0.05) is 13.0 Å². The smallest absolute Gasteiger partial charge is 0.251 e. The van der Waals surface area contributed by atoms with Gasteiger partial charge in [0.25, 0.3) is 5.91 Å². The van der Waals surface area contributed by atoms with Crippen molar-refractivity contribution in [1.29, 1.82) is 0 Å². The molecule has 0 aromatic heterocycles. The number of carbonyl (C=O) groups excluding carboxylic acids is 1. The second kappa shape index (κ2) is 10.2. The molecule has 3 N–H and O–H groups in total. The van der Waals surface area contributed by atoms with Gasteiger partial charge in [0.1, 0.15) is 5.75 Å². The summed E-state index contributed by atoms with van der Waals surface area (Å²) in [4.78, 5) is 19.0. The Morgan fingerprint density at radius 2 is 2.04 bits per heavy atom. The van der Waals surface area contributed by atoms with Gasteiger partial charge in [-0.15, -0.1) is 0 Å². The predicted octanol–water partition coefficient (Wildman–Crippen LogP) is 1.32. The first-order valence-corrected chi connectivity index (χ1v) is 9.58. The van der Waals surface area contributed by atoms with Gasteiger partial charge in [0.2, 0.25) is 0 Å². The fraction of sp³-hybridized carbons (Fsp3) is 0.600. The predicted molar refractivity (Wildman–Crippen MR) is 109 cm³/mol. The van der Waals surface area contributed by atoms with Crippen molar-refractivity contribution >= 4 is 11.9 Å². The summed E-state index contributed by atoms with van der Waals surface area (Å²) in [6, 6.07) is 8.06. The molecule has 1 saturated heterocycles. The van der Waals surface area contributed by atoms with Gasteiger partial charge in [-0.05, 0) is 38.0 Å². The number of nitrogens with one attached hydrogen (secondary N) is 3. The molecule has 2 atom stereocenters. The highest BCUT2D eigenvalue weighted by Gasteiger charge is 2.31. The normalized spacial score (nSPS) is 20.6. The van der Waals surface area contributed by atoms with E-state index in [1.54, 1.807) is 32.4 Å². The maximum absolute atomic E-state index is 12.2. The number of likely N-dealkylation sites (tertiary alicyclic amines) is 1. The van der Waals surface area contributed by atoms with Crippen LogP contribution in [-0.2, 0) is 0 Å². The molecule has 7 heteroatoms. The monoisotopic (exact) mass is 375 g/mol. The quantitative estimate of drug-likeness (QED) is 0.381. The zero-order valence-electron chi connectivity index (χ0n) is 17.1. The molecule has 0 spiro atoms. The van der Waals surface area contributed by atoms with Crippen LogP contribution >= 0.6 is 0 Å². The highest BCUT2D eigenvalue weighted by atomic mass is 16.5. The number of hydrogen-bond donors (Lipinski definition) is 3. The third-order valence-corrected chi connectivity index (χ3v) is 4.95. The molecular weight excluding hydrogens is 342 g/mol. The van der Waals surface area contributed by atoms with Crippen molar-refractivity contribution in [2.45, 2.75) is 32.9 Å². The second-order valence-corrected chi connectivity index (χ2v) is 7.26. The van der Waals surface area contributed by atoms with E-state index in [0.29, 0.717) is 42.4 Å². The summed E-state index contributed by atoms with van der Waals surface area (Å²) in [5.41, 5.74) is 0.588. The van der Waals surface area contributed by atoms with Crippen LogP contribution in [0.4, 0.5) is 0 Å². The molecule has 27 heavy (non-hydrogen) atoms. The number of methoxy groups -OCH3 is 1. The van der Waals surface area contributed by atoms with Crippen LogP contribution in [-0.4, -0.2) is 69.2 Å². The Balaban J connectivity index is 1.74. The summed E-state index contributed by atoms with van der Waals surface area (Å²) < 4.78 is 5.15. The van der Waals surface area contributed by atoms with Gasteiger partial charge in [-0.3, -0.25) is 14.7 Å². The van der Waals surface area contributed by atoms with Crippen LogP contribution < -0.4 is 20.7 Å². The molecular formula is C20H33N5O2. The third kappa shape index (κ3) is 6.13. The number of guanidine groups is 1. The van der Waals surface area contributed by atoms with Crippen molar-refractivity contribution < 1.29 is 9.53 Å². The van der Waals surface area contributed by atoms with Crippen molar-refractivity contribution in [3.8, 4) is 5.75 Å². The lowest BCUT2D eigenvalue weighted by molar-refractivity contribution is 0.0954. The van der Waals surface area contributed by atoms with Crippen molar-refractivity contribution in [1.82, 2.24) is 20.9 Å². The summed E-state index contributed by atoms with van der Waals surface area (Å²) in [5, 5.41) is 9.68. The zero-order chi connectivity index (χ0) is 19.8. The molecule has 1 fully saturated rings. The van der Waals surface area contributed by atoms with Crippen molar-refractivity contribution in [2.75, 3.05) is 40.3 Å². The van der Waals surface area contributed by atoms with E-state index in [1.807, 2.05) is 6.07 Å². The summed E-state index contributed by atoms with van der Waals surface area (Å²) in [7, 11) is 3.36. The molecule has 1 aromatic carbocycles. The Morgan fingerprint density at radius 1 is 1.30 bits per heavy atom. The molecule has 2 rings (SSSR count). The van der Waals surface area contributed by atoms with E-state index in [2.05, 4.69) is 46.6 Å². The highest BCUT2D eigenvalue weighted by Crippen LogP contribution is 2.18. The summed E-state index contributed by atoms with van der Waals surface area (Å²) in [5.74, 6) is 1.90. The van der Waals surface area contributed by atoms with Gasteiger partial charge >= 0.3 is 0 Å². The first-order chi connectivity index (χ1) is 12.9. The fourth-order valence-electron chi connectivity index (χ4n) is 3.21. The number of nitrogens with zero attached hydrogens (tertiary/aromatic N) is 2. The average molecular weight is 376 g/mol. The first kappa shape index (κ1) is 21.0. The van der Waals surface area contributed by atoms with E-state index in [4.69, 9.17) is 4.74 Å². The molecule has 0 bridgehead atoms. The van der Waals surface area contributed by atoms with Crippen LogP contribution in [0.3, 0.4) is 0 Å². The lowest BCUT2D eigenvalue weighted by Gasteiger charge is -2.22. The molecule has 1 aromatic rings. The SMILES string of the molecule is CN=C(NCCNC(=O)c1cccc(OC)c1)NC1CN(C(C)C)CC1C. The van der Waals surface area contributed by atoms with Gasteiger partial charge in [0.05, 0.1) is 7.11 Å². The number of rotatable bonds is 7. The number of aliphatic imine (C=N–C) groups is 1. The van der Waals surface area contributed by atoms with Crippen molar-refractivity contribution in [2.24, 2.45) is 10.9 Å². The molecule has 1 amide bonds. The third-order valence-electron chi connectivity index (χ3n) is 4.95. The molecule has 2 unspecified atom stereocenters. The van der Waals surface area contributed by atoms with Crippen LogP contribution in [0.25, 0.3) is 0 Å². The molecule has 0 saturated carbocycles. The molecule has 1 heterocycles. The van der Waals surface area contributed by atoms with Crippen LogP contribution in [0.2, 0.25) is 0 Å². The molecule has 1 aliphatic rings. The van der Waals surface area contributed by atoms with Gasteiger partial charge in [-0.25, -0.2) is 0 Å². The standard InChI is InChI=1S/C20H33N5O2/c1-14(2)25-12-15(3)18(13-25)24-20(21-4)23-10-9-22-19(26)16-7-6-8-17(11-16)27-5/h6-8,11,14-15,18H,9-10,12-13H2,1-5H3,(H,22,26)(H2,21,23,24). The highest BCUT2D eigenvalue weighted by molar-refractivity contribution is 5.94. The Hall–Kier alpha value is -2.28. The number of carbonyl (C=O) groups is 1. The van der Waals surface area contributed by atoms with Crippen molar-refractivity contribution in [3.63, 3.8) is 0 Å². The van der Waals surface area contributed by atoms with E-state index >= 15 is 0 Å². The Bertz CT molecular complexity index is 647. The van der Waals surface area contributed by atoms with Gasteiger partial charge in [-0.2, -0.15) is 0 Å². The van der Waals surface area contributed by atoms with E-state index in [-0.39, 0.29) is 5.91 Å². The number of amides is 1. The molecule has 1 aliphatic heterocycles. The summed E-state index contributed by atoms with van der Waals surface area (Å²) in [6.07, 6.45) is 0. The number of benzene rings is 1. The van der Waals surface area contributed by atoms with Gasteiger partial charge < -0.3 is 20.7 Å². The van der Waals surface area contributed by atoms with Crippen molar-refractivity contribution in [3.05, 3.63) is 29.8 Å². The lowest BCUT2D eigenvalue weighted by Crippen LogP contribution is -2.48. The Morgan fingerprint density at radius 3 is 2.67 bits per heavy atom. The Kier molecular flexibility index (Phi) is 7.91. The van der Waals surface area contributed by atoms with Crippen LogP contribution in [0, 0.1) is 5.92 Å². The van der Waals surface area contributed by atoms with Gasteiger partial charge in [0, 0.05) is 50.9 Å². The lowest BCUT2D eigenvalue weighted by atomic mass is 10.1. The zero-order valence-corrected chi connectivity index (χ0v) is 17.1. The molecule has 150 valence electrons. The maximum atomic E-state index is 12.2. The first-order valence-electron chi connectivity index (χ1n) is 9.58.